The van der Waals surface area contributed by atoms with Crippen LogP contribution in [-0.2, 0) is 6.61 Å². The maximum atomic E-state index is 5.75. The van der Waals surface area contributed by atoms with Crippen molar-refractivity contribution in [3.05, 3.63) is 66.1 Å². The van der Waals surface area contributed by atoms with Crippen LogP contribution >= 0.6 is 0 Å². The topological polar surface area (TPSA) is 35.0 Å². The molecule has 3 nitrogen and oxygen atoms in total. The quantitative estimate of drug-likeness (QED) is 0.713. The molecule has 0 N–H and O–H groups in total. The van der Waals surface area contributed by atoms with Crippen LogP contribution in [0.15, 0.2) is 55.0 Å². The van der Waals surface area contributed by atoms with Crippen LogP contribution in [0, 0.1) is 6.92 Å². The Kier molecular flexibility index (Phi) is 3.11. The molecule has 3 heteroatoms. The SMILES string of the molecule is Cc1cncc(COc2cnc3ccccc3c2)c1. The van der Waals surface area contributed by atoms with E-state index in [0.29, 0.717) is 6.61 Å². The molecule has 3 rings (SSSR count). The summed E-state index contributed by atoms with van der Waals surface area (Å²) in [6, 6.07) is 12.1. The minimum absolute atomic E-state index is 0.509. The third-order valence-electron chi connectivity index (χ3n) is 2.90. The van der Waals surface area contributed by atoms with Gasteiger partial charge in [-0.15, -0.1) is 0 Å². The minimum Gasteiger partial charge on any atom is -0.487 e. The lowest BCUT2D eigenvalue weighted by Gasteiger charge is -2.07. The summed E-state index contributed by atoms with van der Waals surface area (Å²) >= 11 is 0. The van der Waals surface area contributed by atoms with Gasteiger partial charge in [0.05, 0.1) is 11.7 Å². The third-order valence-corrected chi connectivity index (χ3v) is 2.90. The number of hydrogen-bond acceptors (Lipinski definition) is 3. The summed E-state index contributed by atoms with van der Waals surface area (Å²) in [5, 5.41) is 1.09. The predicted octanol–water partition coefficient (Wildman–Crippen LogP) is 3.52. The van der Waals surface area contributed by atoms with Gasteiger partial charge in [-0.1, -0.05) is 18.2 Å². The van der Waals surface area contributed by atoms with Crippen molar-refractivity contribution in [2.45, 2.75) is 13.5 Å². The Balaban J connectivity index is 1.78. The molecular weight excluding hydrogens is 236 g/mol. The van der Waals surface area contributed by atoms with Gasteiger partial charge in [0.25, 0.3) is 0 Å². The van der Waals surface area contributed by atoms with Crippen molar-refractivity contribution in [1.29, 1.82) is 0 Å². The van der Waals surface area contributed by atoms with Crippen LogP contribution in [0.3, 0.4) is 0 Å². The molecule has 19 heavy (non-hydrogen) atoms. The van der Waals surface area contributed by atoms with Crippen molar-refractivity contribution in [2.24, 2.45) is 0 Å². The first-order valence-corrected chi connectivity index (χ1v) is 6.19. The first-order chi connectivity index (χ1) is 9.31. The summed E-state index contributed by atoms with van der Waals surface area (Å²) < 4.78 is 5.75. The largest absolute Gasteiger partial charge is 0.487 e. The van der Waals surface area contributed by atoms with Crippen molar-refractivity contribution in [2.75, 3.05) is 0 Å². The van der Waals surface area contributed by atoms with Crippen LogP contribution < -0.4 is 4.74 Å². The second-order valence-corrected chi connectivity index (χ2v) is 4.52. The fraction of sp³-hybridized carbons (Fsp3) is 0.125. The summed E-state index contributed by atoms with van der Waals surface area (Å²) in [6.45, 7) is 2.53. The predicted molar refractivity (Wildman–Crippen MR) is 75.0 cm³/mol. The summed E-state index contributed by atoms with van der Waals surface area (Å²) in [5.74, 6) is 0.778. The van der Waals surface area contributed by atoms with E-state index in [-0.39, 0.29) is 0 Å². The molecule has 0 saturated heterocycles. The van der Waals surface area contributed by atoms with E-state index >= 15 is 0 Å². The molecule has 0 radical (unpaired) electrons. The first kappa shape index (κ1) is 11.7. The van der Waals surface area contributed by atoms with E-state index in [2.05, 4.69) is 16.0 Å². The van der Waals surface area contributed by atoms with Gasteiger partial charge in [-0.2, -0.15) is 0 Å². The lowest BCUT2D eigenvalue weighted by Crippen LogP contribution is -1.97. The van der Waals surface area contributed by atoms with Crippen LogP contribution in [0.1, 0.15) is 11.1 Å². The number of aryl methyl sites for hydroxylation is 1. The molecule has 0 unspecified atom stereocenters. The van der Waals surface area contributed by atoms with E-state index in [0.717, 1.165) is 27.8 Å². The molecule has 2 aromatic heterocycles. The monoisotopic (exact) mass is 250 g/mol. The number of para-hydroxylation sites is 1. The normalized spacial score (nSPS) is 10.6. The van der Waals surface area contributed by atoms with Crippen molar-refractivity contribution in [3.8, 4) is 5.75 Å². The smallest absolute Gasteiger partial charge is 0.138 e. The van der Waals surface area contributed by atoms with E-state index < -0.39 is 0 Å². The molecule has 0 amide bonds. The molecule has 1 aromatic carbocycles. The maximum Gasteiger partial charge on any atom is 0.138 e. The van der Waals surface area contributed by atoms with Gasteiger partial charge in [-0.3, -0.25) is 9.97 Å². The Labute approximate surface area is 111 Å². The summed E-state index contributed by atoms with van der Waals surface area (Å²) in [7, 11) is 0. The number of ether oxygens (including phenoxy) is 1. The van der Waals surface area contributed by atoms with Crippen LogP contribution in [-0.4, -0.2) is 9.97 Å². The zero-order chi connectivity index (χ0) is 13.1. The van der Waals surface area contributed by atoms with Gasteiger partial charge >= 0.3 is 0 Å². The molecule has 0 atom stereocenters. The van der Waals surface area contributed by atoms with Crippen molar-refractivity contribution in [3.63, 3.8) is 0 Å². The molecule has 0 aliphatic rings. The Hall–Kier alpha value is -2.42. The van der Waals surface area contributed by atoms with Gasteiger partial charge in [0.1, 0.15) is 12.4 Å². The minimum atomic E-state index is 0.509. The van der Waals surface area contributed by atoms with Crippen molar-refractivity contribution >= 4 is 10.9 Å². The number of fused-ring (bicyclic) bond motifs is 1. The third kappa shape index (κ3) is 2.71. The molecule has 94 valence electrons. The molecule has 2 heterocycles. The molecule has 0 spiro atoms. The highest BCUT2D eigenvalue weighted by Crippen LogP contribution is 2.18. The van der Waals surface area contributed by atoms with E-state index in [1.807, 2.05) is 49.6 Å². The summed E-state index contributed by atoms with van der Waals surface area (Å²) in [4.78, 5) is 8.52. The van der Waals surface area contributed by atoms with E-state index in [1.165, 1.54) is 0 Å². The van der Waals surface area contributed by atoms with Crippen LogP contribution in [0.4, 0.5) is 0 Å². The maximum absolute atomic E-state index is 5.75. The fourth-order valence-corrected chi connectivity index (χ4v) is 1.99. The summed E-state index contributed by atoms with van der Waals surface area (Å²) in [5.41, 5.74) is 3.18. The number of rotatable bonds is 3. The molecule has 0 aliphatic heterocycles. The second kappa shape index (κ2) is 5.06. The lowest BCUT2D eigenvalue weighted by molar-refractivity contribution is 0.305. The van der Waals surface area contributed by atoms with E-state index in [1.54, 1.807) is 6.20 Å². The van der Waals surface area contributed by atoms with Gasteiger partial charge in [0, 0.05) is 23.3 Å². The van der Waals surface area contributed by atoms with Crippen molar-refractivity contribution < 1.29 is 4.74 Å². The Morgan fingerprint density at radius 3 is 2.84 bits per heavy atom. The number of aromatic nitrogens is 2. The van der Waals surface area contributed by atoms with Gasteiger partial charge < -0.3 is 4.74 Å². The van der Waals surface area contributed by atoms with Gasteiger partial charge in [0.2, 0.25) is 0 Å². The van der Waals surface area contributed by atoms with Gasteiger partial charge in [-0.25, -0.2) is 0 Å². The first-order valence-electron chi connectivity index (χ1n) is 6.19. The summed E-state index contributed by atoms with van der Waals surface area (Å²) in [6.07, 6.45) is 5.41. The van der Waals surface area contributed by atoms with E-state index in [4.69, 9.17) is 4.74 Å². The van der Waals surface area contributed by atoms with Gasteiger partial charge in [0.15, 0.2) is 0 Å². The Bertz CT molecular complexity index is 710. The molecule has 0 fully saturated rings. The second-order valence-electron chi connectivity index (χ2n) is 4.52. The van der Waals surface area contributed by atoms with Crippen LogP contribution in [0.2, 0.25) is 0 Å². The zero-order valence-electron chi connectivity index (χ0n) is 10.7. The zero-order valence-corrected chi connectivity index (χ0v) is 10.7. The number of pyridine rings is 2. The highest BCUT2D eigenvalue weighted by molar-refractivity contribution is 5.79. The fourth-order valence-electron chi connectivity index (χ4n) is 1.99. The standard InChI is InChI=1S/C16H14N2O/c1-12-6-13(9-17-8-12)11-19-15-7-14-4-2-3-5-16(14)18-10-15/h2-10H,11H2,1H3. The molecular formula is C16H14N2O. The van der Waals surface area contributed by atoms with Crippen LogP contribution in [0.25, 0.3) is 10.9 Å². The molecule has 0 saturated carbocycles. The molecule has 3 aromatic rings. The van der Waals surface area contributed by atoms with Crippen LogP contribution in [0.5, 0.6) is 5.75 Å². The lowest BCUT2D eigenvalue weighted by atomic mass is 10.2. The number of hydrogen-bond donors (Lipinski definition) is 0. The molecule has 0 bridgehead atoms. The average molecular weight is 250 g/mol. The van der Waals surface area contributed by atoms with Crippen molar-refractivity contribution in [1.82, 2.24) is 9.97 Å². The Morgan fingerprint density at radius 1 is 1.05 bits per heavy atom. The highest BCUT2D eigenvalue weighted by Gasteiger charge is 2.00. The number of nitrogens with zero attached hydrogens (tertiary/aromatic N) is 2. The molecule has 0 aliphatic carbocycles. The Morgan fingerprint density at radius 2 is 1.95 bits per heavy atom. The highest BCUT2D eigenvalue weighted by atomic mass is 16.5. The van der Waals surface area contributed by atoms with Gasteiger partial charge in [-0.05, 0) is 30.7 Å². The average Bonchev–Trinajstić information content (AvgIpc) is 2.45. The number of benzene rings is 1. The van der Waals surface area contributed by atoms with E-state index in [9.17, 15) is 0 Å².